The molecule has 0 spiro atoms. The maximum absolute atomic E-state index is 11.7. The summed E-state index contributed by atoms with van der Waals surface area (Å²) in [6.45, 7) is 0.407. The summed E-state index contributed by atoms with van der Waals surface area (Å²) in [5, 5.41) is 6.90. The number of hydrogen-bond donors (Lipinski definition) is 2. The number of urea groups is 1. The molecule has 0 atom stereocenters. The van der Waals surface area contributed by atoms with Crippen LogP contribution in [-0.2, 0) is 6.54 Å². The molecule has 0 aromatic heterocycles. The van der Waals surface area contributed by atoms with Crippen LogP contribution in [0.15, 0.2) is 42.5 Å². The van der Waals surface area contributed by atoms with Crippen LogP contribution in [0.4, 0.5) is 10.5 Å². The van der Waals surface area contributed by atoms with Gasteiger partial charge in [-0.2, -0.15) is 0 Å². The fourth-order valence-corrected chi connectivity index (χ4v) is 1.96. The topological polar surface area (TPSA) is 41.1 Å². The fourth-order valence-electron chi connectivity index (χ4n) is 1.53. The lowest BCUT2D eigenvalue weighted by molar-refractivity contribution is 0.251. The number of hydrogen-bond acceptors (Lipinski definition) is 1. The number of rotatable bonds is 3. The average Bonchev–Trinajstić information content (AvgIpc) is 2.42. The SMILES string of the molecule is O=C(NCc1ccc(Cl)cc1)Nc1ccc(Cl)c(Cl)c1. The van der Waals surface area contributed by atoms with Gasteiger partial charge in [0.25, 0.3) is 0 Å². The average molecular weight is 330 g/mol. The van der Waals surface area contributed by atoms with E-state index in [1.807, 2.05) is 12.1 Å². The van der Waals surface area contributed by atoms with Crippen molar-refractivity contribution in [1.82, 2.24) is 5.32 Å². The highest BCUT2D eigenvalue weighted by atomic mass is 35.5. The van der Waals surface area contributed by atoms with Crippen molar-refractivity contribution in [2.24, 2.45) is 0 Å². The van der Waals surface area contributed by atoms with Gasteiger partial charge in [0.05, 0.1) is 10.0 Å². The first kappa shape index (κ1) is 15.0. The molecule has 0 aliphatic heterocycles. The normalized spacial score (nSPS) is 10.2. The number of nitrogens with one attached hydrogen (secondary N) is 2. The summed E-state index contributed by atoms with van der Waals surface area (Å²) < 4.78 is 0. The third-order valence-electron chi connectivity index (χ3n) is 2.54. The van der Waals surface area contributed by atoms with Gasteiger partial charge in [0.15, 0.2) is 0 Å². The minimum atomic E-state index is -0.321. The Balaban J connectivity index is 1.89. The van der Waals surface area contributed by atoms with Crippen molar-refractivity contribution in [3.63, 3.8) is 0 Å². The highest BCUT2D eigenvalue weighted by Gasteiger charge is 2.04. The van der Waals surface area contributed by atoms with Gasteiger partial charge in [-0.25, -0.2) is 4.79 Å². The number of anilines is 1. The summed E-state index contributed by atoms with van der Waals surface area (Å²) in [7, 11) is 0. The quantitative estimate of drug-likeness (QED) is 0.820. The molecule has 0 bridgehead atoms. The van der Waals surface area contributed by atoms with E-state index < -0.39 is 0 Å². The van der Waals surface area contributed by atoms with Gasteiger partial charge in [0.1, 0.15) is 0 Å². The molecule has 0 aliphatic rings. The van der Waals surface area contributed by atoms with Crippen molar-refractivity contribution in [1.29, 1.82) is 0 Å². The molecule has 20 heavy (non-hydrogen) atoms. The smallest absolute Gasteiger partial charge is 0.319 e. The van der Waals surface area contributed by atoms with Crippen LogP contribution in [0.3, 0.4) is 0 Å². The molecule has 0 fully saturated rings. The van der Waals surface area contributed by atoms with Crippen LogP contribution in [0.2, 0.25) is 15.1 Å². The van der Waals surface area contributed by atoms with Crippen LogP contribution in [0, 0.1) is 0 Å². The maximum atomic E-state index is 11.7. The Bertz CT molecular complexity index is 614. The molecule has 0 unspecified atom stereocenters. The first-order valence-electron chi connectivity index (χ1n) is 5.79. The van der Waals surface area contributed by atoms with E-state index in [9.17, 15) is 4.79 Å². The number of carbonyl (C=O) groups excluding carboxylic acids is 1. The Hall–Kier alpha value is -1.42. The monoisotopic (exact) mass is 328 g/mol. The van der Waals surface area contributed by atoms with Crippen molar-refractivity contribution >= 4 is 46.5 Å². The number of halogens is 3. The van der Waals surface area contributed by atoms with E-state index in [0.29, 0.717) is 27.3 Å². The molecule has 0 heterocycles. The van der Waals surface area contributed by atoms with Crippen LogP contribution in [-0.4, -0.2) is 6.03 Å². The summed E-state index contributed by atoms with van der Waals surface area (Å²) >= 11 is 17.5. The molecule has 6 heteroatoms. The molecule has 2 N–H and O–H groups in total. The largest absolute Gasteiger partial charge is 0.334 e. The van der Waals surface area contributed by atoms with Crippen LogP contribution in [0.25, 0.3) is 0 Å². The van der Waals surface area contributed by atoms with E-state index in [0.717, 1.165) is 5.56 Å². The van der Waals surface area contributed by atoms with E-state index in [1.165, 1.54) is 0 Å². The molecule has 2 rings (SSSR count). The van der Waals surface area contributed by atoms with Crippen molar-refractivity contribution in [3.8, 4) is 0 Å². The van der Waals surface area contributed by atoms with Crippen LogP contribution in [0.5, 0.6) is 0 Å². The predicted octanol–water partition coefficient (Wildman–Crippen LogP) is 4.97. The summed E-state index contributed by atoms with van der Waals surface area (Å²) in [6.07, 6.45) is 0. The van der Waals surface area contributed by atoms with Gasteiger partial charge < -0.3 is 10.6 Å². The Morgan fingerprint density at radius 2 is 1.65 bits per heavy atom. The van der Waals surface area contributed by atoms with Crippen LogP contribution >= 0.6 is 34.8 Å². The minimum absolute atomic E-state index is 0.321. The van der Waals surface area contributed by atoms with Gasteiger partial charge in [0.2, 0.25) is 0 Å². The van der Waals surface area contributed by atoms with E-state index >= 15 is 0 Å². The Morgan fingerprint density at radius 3 is 2.30 bits per heavy atom. The zero-order valence-electron chi connectivity index (χ0n) is 10.3. The van der Waals surface area contributed by atoms with E-state index in [2.05, 4.69) is 10.6 Å². The summed E-state index contributed by atoms with van der Waals surface area (Å²) in [5.41, 5.74) is 1.53. The second-order valence-corrected chi connectivity index (χ2v) is 5.31. The molecule has 0 saturated carbocycles. The lowest BCUT2D eigenvalue weighted by atomic mass is 10.2. The Morgan fingerprint density at radius 1 is 0.950 bits per heavy atom. The standard InChI is InChI=1S/C14H11Cl3N2O/c15-10-3-1-9(2-4-10)8-18-14(20)19-11-5-6-12(16)13(17)7-11/h1-7H,8H2,(H2,18,19,20). The fraction of sp³-hybridized carbons (Fsp3) is 0.0714. The zero-order valence-corrected chi connectivity index (χ0v) is 12.6. The van der Waals surface area contributed by atoms with Gasteiger partial charge in [-0.05, 0) is 35.9 Å². The van der Waals surface area contributed by atoms with E-state index in [4.69, 9.17) is 34.8 Å². The maximum Gasteiger partial charge on any atom is 0.319 e. The lowest BCUT2D eigenvalue weighted by Gasteiger charge is -2.08. The van der Waals surface area contributed by atoms with Gasteiger partial charge in [-0.15, -0.1) is 0 Å². The first-order chi connectivity index (χ1) is 9.54. The second kappa shape index (κ2) is 6.84. The molecule has 2 amide bonds. The third-order valence-corrected chi connectivity index (χ3v) is 3.53. The summed E-state index contributed by atoms with van der Waals surface area (Å²) in [6, 6.07) is 11.8. The Labute approximate surface area is 131 Å². The van der Waals surface area contributed by atoms with Crippen molar-refractivity contribution < 1.29 is 4.79 Å². The number of amides is 2. The van der Waals surface area contributed by atoms with Crippen molar-refractivity contribution in [3.05, 3.63) is 63.1 Å². The highest BCUT2D eigenvalue weighted by Crippen LogP contribution is 2.24. The molecule has 2 aromatic rings. The van der Waals surface area contributed by atoms with Gasteiger partial charge in [0, 0.05) is 17.3 Å². The molecule has 2 aromatic carbocycles. The molecular weight excluding hydrogens is 319 g/mol. The number of carbonyl (C=O) groups is 1. The van der Waals surface area contributed by atoms with Crippen molar-refractivity contribution in [2.75, 3.05) is 5.32 Å². The molecule has 0 saturated heterocycles. The van der Waals surface area contributed by atoms with Crippen molar-refractivity contribution in [2.45, 2.75) is 6.54 Å². The minimum Gasteiger partial charge on any atom is -0.334 e. The van der Waals surface area contributed by atoms with Gasteiger partial charge in [-0.3, -0.25) is 0 Å². The highest BCUT2D eigenvalue weighted by molar-refractivity contribution is 6.42. The second-order valence-electron chi connectivity index (χ2n) is 4.06. The van der Waals surface area contributed by atoms with E-state index in [-0.39, 0.29) is 6.03 Å². The molecule has 0 aliphatic carbocycles. The lowest BCUT2D eigenvalue weighted by Crippen LogP contribution is -2.28. The molecule has 0 radical (unpaired) electrons. The van der Waals surface area contributed by atoms with Crippen LogP contribution in [0.1, 0.15) is 5.56 Å². The van der Waals surface area contributed by atoms with E-state index in [1.54, 1.807) is 30.3 Å². The Kier molecular flexibility index (Phi) is 5.12. The molecule has 104 valence electrons. The molecular formula is C14H11Cl3N2O. The summed E-state index contributed by atoms with van der Waals surface area (Å²) in [4.78, 5) is 11.7. The molecule has 3 nitrogen and oxygen atoms in total. The zero-order chi connectivity index (χ0) is 14.5. The summed E-state index contributed by atoms with van der Waals surface area (Å²) in [5.74, 6) is 0. The van der Waals surface area contributed by atoms with Gasteiger partial charge >= 0.3 is 6.03 Å². The number of benzene rings is 2. The third kappa shape index (κ3) is 4.30. The first-order valence-corrected chi connectivity index (χ1v) is 6.92. The van der Waals surface area contributed by atoms with Gasteiger partial charge in [-0.1, -0.05) is 46.9 Å². The predicted molar refractivity (Wildman–Crippen MR) is 83.8 cm³/mol. The van der Waals surface area contributed by atoms with Crippen LogP contribution < -0.4 is 10.6 Å².